The molecule has 1 amide bonds. The van der Waals surface area contributed by atoms with Crippen molar-refractivity contribution in [2.45, 2.75) is 38.2 Å². The van der Waals surface area contributed by atoms with Gasteiger partial charge in [-0.1, -0.05) is 0 Å². The first-order valence-corrected chi connectivity index (χ1v) is 10.8. The molecule has 1 atom stereocenters. The van der Waals surface area contributed by atoms with Crippen LogP contribution in [0, 0.1) is 5.82 Å². The van der Waals surface area contributed by atoms with Crippen LogP contribution in [0.5, 0.6) is 0 Å². The normalized spacial score (nSPS) is 23.1. The highest BCUT2D eigenvalue weighted by atomic mass is 19.3. The number of carbonyl (C=O) groups is 2. The van der Waals surface area contributed by atoms with E-state index < -0.39 is 30.2 Å². The molecule has 10 heteroatoms. The van der Waals surface area contributed by atoms with E-state index in [-0.39, 0.29) is 19.4 Å². The molecule has 0 bridgehead atoms. The lowest BCUT2D eigenvalue weighted by Gasteiger charge is -2.36. The van der Waals surface area contributed by atoms with Gasteiger partial charge in [-0.3, -0.25) is 9.69 Å². The number of halogens is 3. The second kappa shape index (κ2) is 9.44. The number of hydrazine groups is 1. The predicted octanol–water partition coefficient (Wildman–Crippen LogP) is 2.90. The molecule has 0 N–H and O–H groups in total. The van der Waals surface area contributed by atoms with Gasteiger partial charge in [-0.25, -0.2) is 28.0 Å². The van der Waals surface area contributed by atoms with Crippen molar-refractivity contribution in [3.8, 4) is 0 Å². The molecule has 7 nitrogen and oxygen atoms in total. The molecule has 1 aromatic carbocycles. The fourth-order valence-electron chi connectivity index (χ4n) is 4.42. The summed E-state index contributed by atoms with van der Waals surface area (Å²) in [4.78, 5) is 26.6. The van der Waals surface area contributed by atoms with Gasteiger partial charge >= 0.3 is 6.09 Å². The zero-order chi connectivity index (χ0) is 22.0. The number of anilines is 2. The Labute approximate surface area is 179 Å². The Morgan fingerprint density at radius 3 is 2.35 bits per heavy atom. The molecule has 0 saturated carbocycles. The van der Waals surface area contributed by atoms with Crippen molar-refractivity contribution in [3.63, 3.8) is 0 Å². The van der Waals surface area contributed by atoms with Crippen LogP contribution in [0.4, 0.5) is 29.3 Å². The molecule has 0 unspecified atom stereocenters. The van der Waals surface area contributed by atoms with Crippen LogP contribution in [0.25, 0.3) is 0 Å². The van der Waals surface area contributed by atoms with Crippen molar-refractivity contribution in [1.82, 2.24) is 10.0 Å². The quantitative estimate of drug-likeness (QED) is 0.678. The summed E-state index contributed by atoms with van der Waals surface area (Å²) in [6.45, 7) is 5.31. The van der Waals surface area contributed by atoms with E-state index in [1.165, 1.54) is 23.8 Å². The van der Waals surface area contributed by atoms with Gasteiger partial charge in [-0.15, -0.1) is 0 Å². The summed E-state index contributed by atoms with van der Waals surface area (Å²) in [6.07, 6.45) is -2.33. The zero-order valence-electron chi connectivity index (χ0n) is 17.3. The van der Waals surface area contributed by atoms with Crippen LogP contribution in [0.3, 0.4) is 0 Å². The number of ether oxygens (including phenoxy) is 1. The summed E-state index contributed by atoms with van der Waals surface area (Å²) >= 11 is 0. The van der Waals surface area contributed by atoms with E-state index in [1.54, 1.807) is 12.1 Å². The lowest BCUT2D eigenvalue weighted by molar-refractivity contribution is -0.129. The van der Waals surface area contributed by atoms with E-state index in [0.29, 0.717) is 11.4 Å². The second-order valence-electron chi connectivity index (χ2n) is 8.16. The van der Waals surface area contributed by atoms with Gasteiger partial charge in [0.15, 0.2) is 5.78 Å². The summed E-state index contributed by atoms with van der Waals surface area (Å²) in [5.74, 6) is -1.59. The molecule has 31 heavy (non-hydrogen) atoms. The van der Waals surface area contributed by atoms with Crippen LogP contribution in [0.2, 0.25) is 0 Å². The number of Topliss-reactive ketones (excluding diaryl/α,β-unsaturated/α-hetero) is 1. The number of nitrogens with zero attached hydrogens (tertiary/aromatic N) is 4. The Morgan fingerprint density at radius 2 is 1.74 bits per heavy atom. The number of amides is 1. The van der Waals surface area contributed by atoms with E-state index in [4.69, 9.17) is 4.74 Å². The summed E-state index contributed by atoms with van der Waals surface area (Å²) < 4.78 is 44.8. The van der Waals surface area contributed by atoms with Gasteiger partial charge in [-0.2, -0.15) is 0 Å². The average Bonchev–Trinajstić information content (AvgIpc) is 2.99. The molecule has 3 fully saturated rings. The van der Waals surface area contributed by atoms with Gasteiger partial charge < -0.3 is 9.64 Å². The Bertz CT molecular complexity index is 809. The maximum atomic E-state index is 15.0. The third kappa shape index (κ3) is 4.95. The monoisotopic (exact) mass is 440 g/mol. The number of hydrogen-bond acceptors (Lipinski definition) is 6. The number of carbonyl (C=O) groups excluding carboxylic acids is 2. The average molecular weight is 440 g/mol. The number of hydrogen-bond donors (Lipinski definition) is 0. The summed E-state index contributed by atoms with van der Waals surface area (Å²) in [7, 11) is 0. The molecule has 3 heterocycles. The van der Waals surface area contributed by atoms with Crippen molar-refractivity contribution in [3.05, 3.63) is 24.0 Å². The summed E-state index contributed by atoms with van der Waals surface area (Å²) in [6, 6.07) is 4.65. The molecule has 1 aromatic rings. The topological polar surface area (TPSA) is 56.3 Å². The third-order valence-electron chi connectivity index (χ3n) is 6.15. The van der Waals surface area contributed by atoms with Gasteiger partial charge in [0.25, 0.3) is 6.43 Å². The first kappa shape index (κ1) is 21.9. The van der Waals surface area contributed by atoms with Gasteiger partial charge in [-0.05, 0) is 37.5 Å². The van der Waals surface area contributed by atoms with E-state index in [9.17, 15) is 22.8 Å². The van der Waals surface area contributed by atoms with Gasteiger partial charge in [0.1, 0.15) is 11.9 Å². The number of cyclic esters (lactones) is 1. The summed E-state index contributed by atoms with van der Waals surface area (Å²) in [5, 5.41) is 4.68. The fourth-order valence-corrected chi connectivity index (χ4v) is 4.42. The van der Waals surface area contributed by atoms with Crippen molar-refractivity contribution >= 4 is 23.3 Å². The number of ketones is 1. The molecule has 3 aliphatic rings. The fraction of sp³-hybridized carbons (Fsp3) is 0.619. The Morgan fingerprint density at radius 1 is 1.06 bits per heavy atom. The minimum absolute atomic E-state index is 0.0206. The molecule has 3 aliphatic heterocycles. The largest absolute Gasteiger partial charge is 0.444 e. The van der Waals surface area contributed by atoms with Crippen LogP contribution in [-0.2, 0) is 9.53 Å². The van der Waals surface area contributed by atoms with Crippen molar-refractivity contribution in [2.24, 2.45) is 0 Å². The highest BCUT2D eigenvalue weighted by molar-refractivity contribution is 5.90. The van der Waals surface area contributed by atoms with E-state index in [0.717, 1.165) is 39.3 Å². The minimum Gasteiger partial charge on any atom is -0.444 e. The molecule has 0 aliphatic carbocycles. The predicted molar refractivity (Wildman–Crippen MR) is 109 cm³/mol. The van der Waals surface area contributed by atoms with Gasteiger partial charge in [0.2, 0.25) is 0 Å². The molecule has 0 spiro atoms. The van der Waals surface area contributed by atoms with Crippen molar-refractivity contribution in [1.29, 1.82) is 0 Å². The van der Waals surface area contributed by atoms with Gasteiger partial charge in [0.05, 0.1) is 17.9 Å². The first-order valence-electron chi connectivity index (χ1n) is 10.8. The number of fused-ring (bicyclic) bond motifs is 1. The maximum Gasteiger partial charge on any atom is 0.414 e. The molecule has 0 radical (unpaired) electrons. The molecule has 4 rings (SSSR count). The van der Waals surface area contributed by atoms with E-state index in [2.05, 4.69) is 10.0 Å². The third-order valence-corrected chi connectivity index (χ3v) is 6.15. The Balaban J connectivity index is 1.39. The van der Waals surface area contributed by atoms with Crippen LogP contribution in [-0.4, -0.2) is 80.2 Å². The van der Waals surface area contributed by atoms with Crippen LogP contribution < -0.4 is 9.80 Å². The lowest BCUT2D eigenvalue weighted by atomic mass is 10.1. The zero-order valence-corrected chi connectivity index (χ0v) is 17.3. The highest BCUT2D eigenvalue weighted by Gasteiger charge is 2.34. The molecular formula is C21H27F3N4O3. The van der Waals surface area contributed by atoms with Crippen molar-refractivity contribution < 1.29 is 27.5 Å². The van der Waals surface area contributed by atoms with E-state index >= 15 is 0 Å². The van der Waals surface area contributed by atoms with Gasteiger partial charge in [0, 0.05) is 45.7 Å². The number of benzene rings is 1. The van der Waals surface area contributed by atoms with Crippen molar-refractivity contribution in [2.75, 3.05) is 55.6 Å². The van der Waals surface area contributed by atoms with E-state index in [1.807, 2.05) is 4.90 Å². The lowest BCUT2D eigenvalue weighted by Crippen LogP contribution is -2.47. The maximum absolute atomic E-state index is 15.0. The molecule has 0 aromatic heterocycles. The summed E-state index contributed by atoms with van der Waals surface area (Å²) in [5.41, 5.74) is 0.848. The first-order chi connectivity index (χ1) is 14.9. The standard InChI is InChI=1S/C21H27F3N4O3/c22-17-13-15(28-14-16(31-21(28)30)4-6-19(29)20(23)24)3-5-18(17)25-9-11-26-7-1-2-8-27(26)12-10-25/h3,5,13,16,20H,1-2,4,6-12,14H2/t16-/m0/s1. The van der Waals surface area contributed by atoms with Crippen LogP contribution in [0.15, 0.2) is 18.2 Å². The number of rotatable bonds is 6. The molecule has 3 saturated heterocycles. The minimum atomic E-state index is -3.02. The van der Waals surface area contributed by atoms with Crippen LogP contribution in [0.1, 0.15) is 25.7 Å². The molecule has 170 valence electrons. The highest BCUT2D eigenvalue weighted by Crippen LogP contribution is 2.29. The SMILES string of the molecule is O=C(CC[C@H]1CN(c2ccc(N3CCN4CCCCN4CC3)c(F)c2)C(=O)O1)C(F)F. The molecular weight excluding hydrogens is 413 g/mol. The Hall–Kier alpha value is -2.33. The van der Waals surface area contributed by atoms with Crippen LogP contribution >= 0.6 is 0 Å². The Kier molecular flexibility index (Phi) is 6.66. The smallest absolute Gasteiger partial charge is 0.414 e. The number of alkyl halides is 2. The second-order valence-corrected chi connectivity index (χ2v) is 8.16.